The monoisotopic (exact) mass is 535 g/mol. The van der Waals surface area contributed by atoms with Gasteiger partial charge in [-0.2, -0.15) is 9.57 Å². The van der Waals surface area contributed by atoms with Gasteiger partial charge in [0.05, 0.1) is 16.0 Å². The summed E-state index contributed by atoms with van der Waals surface area (Å²) in [5, 5.41) is 12.7. The molecule has 2 aromatic carbocycles. The molecule has 1 N–H and O–H groups in total. The summed E-state index contributed by atoms with van der Waals surface area (Å²) >= 11 is 1.40. The number of sulfonamides is 1. The number of esters is 1. The second kappa shape index (κ2) is 10.5. The van der Waals surface area contributed by atoms with E-state index < -0.39 is 28.5 Å². The average Bonchev–Trinajstić information content (AvgIpc) is 3.28. The van der Waals surface area contributed by atoms with Crippen molar-refractivity contribution >= 4 is 38.2 Å². The zero-order chi connectivity index (χ0) is 26.0. The van der Waals surface area contributed by atoms with Crippen LogP contribution in [0.4, 0.5) is 5.00 Å². The molecule has 0 saturated heterocycles. The number of benzene rings is 2. The third-order valence-electron chi connectivity index (χ3n) is 6.69. The number of carbonyl (C=O) groups is 2. The number of hydrogen-bond acceptors (Lipinski definition) is 7. The number of nitrogens with zero attached hydrogens (tertiary/aromatic N) is 2. The van der Waals surface area contributed by atoms with Crippen molar-refractivity contribution in [3.05, 3.63) is 81.2 Å². The summed E-state index contributed by atoms with van der Waals surface area (Å²) in [4.78, 5) is 26.1. The van der Waals surface area contributed by atoms with Crippen molar-refractivity contribution in [2.24, 2.45) is 0 Å². The van der Waals surface area contributed by atoms with E-state index in [-0.39, 0.29) is 10.5 Å². The lowest BCUT2D eigenvalue weighted by Gasteiger charge is -2.28. The first-order valence-electron chi connectivity index (χ1n) is 12.1. The van der Waals surface area contributed by atoms with E-state index in [2.05, 4.69) is 11.4 Å². The zero-order valence-corrected chi connectivity index (χ0v) is 21.7. The standard InChI is InChI=1S/C27H25N3O5S2/c28-15-23-22-7-3-4-8-24(22)36-26(23)29-25(31)17-35-27(32)19-9-11-21(12-10-19)37(33,34)30-14-13-18-5-1-2-6-20(18)16-30/h1-2,5-6,9-12H,3-4,7-8,13-14,16-17H2,(H,29,31). The smallest absolute Gasteiger partial charge is 0.338 e. The molecule has 2 aliphatic rings. The number of aryl methyl sites for hydroxylation is 1. The number of fused-ring (bicyclic) bond motifs is 2. The average molecular weight is 536 g/mol. The SMILES string of the molecule is N#Cc1c(NC(=O)COC(=O)c2ccc(S(=O)(=O)N3CCc4ccccc4C3)cc2)sc2c1CCCC2. The highest BCUT2D eigenvalue weighted by atomic mass is 32.2. The number of anilines is 1. The third-order valence-corrected chi connectivity index (χ3v) is 9.76. The van der Waals surface area contributed by atoms with Crippen LogP contribution in [-0.2, 0) is 45.4 Å². The normalized spacial score (nSPS) is 15.2. The molecule has 5 rings (SSSR count). The fourth-order valence-corrected chi connectivity index (χ4v) is 7.41. The molecule has 0 bridgehead atoms. The van der Waals surface area contributed by atoms with Crippen LogP contribution in [-0.4, -0.2) is 37.8 Å². The Kier molecular flexibility index (Phi) is 7.11. The summed E-state index contributed by atoms with van der Waals surface area (Å²) in [6, 6.07) is 15.5. The van der Waals surface area contributed by atoms with Crippen LogP contribution in [0.5, 0.6) is 0 Å². The number of nitriles is 1. The van der Waals surface area contributed by atoms with Crippen molar-refractivity contribution in [3.8, 4) is 6.07 Å². The van der Waals surface area contributed by atoms with E-state index in [0.29, 0.717) is 30.1 Å². The Balaban J connectivity index is 1.19. The van der Waals surface area contributed by atoms with E-state index >= 15 is 0 Å². The molecule has 0 unspecified atom stereocenters. The van der Waals surface area contributed by atoms with Gasteiger partial charge in [0.2, 0.25) is 10.0 Å². The van der Waals surface area contributed by atoms with Gasteiger partial charge in [0.15, 0.2) is 6.61 Å². The van der Waals surface area contributed by atoms with Gasteiger partial charge in [-0.3, -0.25) is 4.79 Å². The number of hydrogen-bond donors (Lipinski definition) is 1. The summed E-state index contributed by atoms with van der Waals surface area (Å²) in [6.07, 6.45) is 4.46. The fourth-order valence-electron chi connectivity index (χ4n) is 4.74. The van der Waals surface area contributed by atoms with Crippen LogP contribution < -0.4 is 5.32 Å². The number of ether oxygens (including phenoxy) is 1. The summed E-state index contributed by atoms with van der Waals surface area (Å²) in [5.41, 5.74) is 3.78. The minimum atomic E-state index is -3.72. The maximum absolute atomic E-state index is 13.1. The molecule has 1 aliphatic heterocycles. The van der Waals surface area contributed by atoms with Gasteiger partial charge in [0, 0.05) is 18.0 Å². The predicted molar refractivity (Wildman–Crippen MR) is 139 cm³/mol. The first kappa shape index (κ1) is 25.1. The zero-order valence-electron chi connectivity index (χ0n) is 20.0. The summed E-state index contributed by atoms with van der Waals surface area (Å²) in [5.74, 6) is -1.27. The number of nitrogens with one attached hydrogen (secondary N) is 1. The largest absolute Gasteiger partial charge is 0.452 e. The van der Waals surface area contributed by atoms with Crippen LogP contribution in [0, 0.1) is 11.3 Å². The molecular formula is C27H25N3O5S2. The number of thiophene rings is 1. The van der Waals surface area contributed by atoms with Crippen molar-refractivity contribution in [3.63, 3.8) is 0 Å². The molecule has 10 heteroatoms. The molecule has 3 aromatic rings. The Hall–Kier alpha value is -3.52. The second-order valence-corrected chi connectivity index (χ2v) is 12.1. The first-order valence-corrected chi connectivity index (χ1v) is 14.3. The molecule has 2 heterocycles. The van der Waals surface area contributed by atoms with E-state index in [9.17, 15) is 23.3 Å². The molecule has 37 heavy (non-hydrogen) atoms. The van der Waals surface area contributed by atoms with Gasteiger partial charge in [-0.1, -0.05) is 24.3 Å². The van der Waals surface area contributed by atoms with E-state index in [0.717, 1.165) is 47.3 Å². The van der Waals surface area contributed by atoms with Gasteiger partial charge in [0.25, 0.3) is 5.91 Å². The Labute approximate surface area is 219 Å². The molecule has 0 fully saturated rings. The molecule has 1 aromatic heterocycles. The van der Waals surface area contributed by atoms with Gasteiger partial charge < -0.3 is 10.1 Å². The van der Waals surface area contributed by atoms with Crippen LogP contribution in [0.25, 0.3) is 0 Å². The highest BCUT2D eigenvalue weighted by molar-refractivity contribution is 7.89. The van der Waals surface area contributed by atoms with Crippen molar-refractivity contribution in [2.45, 2.75) is 43.5 Å². The summed E-state index contributed by atoms with van der Waals surface area (Å²) < 4.78 is 32.8. The third kappa shape index (κ3) is 5.16. The van der Waals surface area contributed by atoms with Gasteiger partial charge in [-0.25, -0.2) is 13.2 Å². The van der Waals surface area contributed by atoms with Crippen LogP contribution in [0.1, 0.15) is 50.3 Å². The van der Waals surface area contributed by atoms with Crippen LogP contribution in [0.15, 0.2) is 53.4 Å². The van der Waals surface area contributed by atoms with Crippen LogP contribution in [0.3, 0.4) is 0 Å². The number of amides is 1. The minimum absolute atomic E-state index is 0.0897. The fraction of sp³-hybridized carbons (Fsp3) is 0.296. The molecule has 1 amide bonds. The number of rotatable bonds is 6. The molecule has 8 nitrogen and oxygen atoms in total. The Bertz CT molecular complexity index is 1500. The van der Waals surface area contributed by atoms with E-state index in [1.54, 1.807) is 0 Å². The van der Waals surface area contributed by atoms with Crippen LogP contribution >= 0.6 is 11.3 Å². The van der Waals surface area contributed by atoms with Gasteiger partial charge in [-0.05, 0) is 73.1 Å². The molecule has 0 radical (unpaired) electrons. The van der Waals surface area contributed by atoms with Crippen molar-refractivity contribution in [1.82, 2.24) is 4.31 Å². The Morgan fingerprint density at radius 1 is 1.03 bits per heavy atom. The molecule has 0 saturated carbocycles. The highest BCUT2D eigenvalue weighted by Crippen LogP contribution is 2.37. The topological polar surface area (TPSA) is 117 Å². The van der Waals surface area contributed by atoms with Gasteiger partial charge in [0.1, 0.15) is 11.1 Å². The molecular weight excluding hydrogens is 510 g/mol. The van der Waals surface area contributed by atoms with Crippen molar-refractivity contribution < 1.29 is 22.7 Å². The van der Waals surface area contributed by atoms with Gasteiger partial charge >= 0.3 is 5.97 Å². The second-order valence-electron chi connectivity index (χ2n) is 9.03. The first-order chi connectivity index (χ1) is 17.9. The minimum Gasteiger partial charge on any atom is -0.452 e. The Morgan fingerprint density at radius 2 is 1.76 bits per heavy atom. The van der Waals surface area contributed by atoms with E-state index in [1.165, 1.54) is 39.9 Å². The van der Waals surface area contributed by atoms with Crippen molar-refractivity contribution in [1.29, 1.82) is 5.26 Å². The maximum Gasteiger partial charge on any atom is 0.338 e. The lowest BCUT2D eigenvalue weighted by molar-refractivity contribution is -0.119. The quantitative estimate of drug-likeness (QED) is 0.476. The maximum atomic E-state index is 13.1. The Morgan fingerprint density at radius 3 is 2.51 bits per heavy atom. The van der Waals surface area contributed by atoms with Crippen molar-refractivity contribution in [2.75, 3.05) is 18.5 Å². The molecule has 1 aliphatic carbocycles. The molecule has 0 spiro atoms. The summed E-state index contributed by atoms with van der Waals surface area (Å²) in [7, 11) is -3.72. The molecule has 190 valence electrons. The summed E-state index contributed by atoms with van der Waals surface area (Å²) in [6.45, 7) is 0.177. The van der Waals surface area contributed by atoms with E-state index in [4.69, 9.17) is 4.74 Å². The van der Waals surface area contributed by atoms with Crippen LogP contribution in [0.2, 0.25) is 0 Å². The van der Waals surface area contributed by atoms with E-state index in [1.807, 2.05) is 24.3 Å². The predicted octanol–water partition coefficient (Wildman–Crippen LogP) is 4.04. The number of carbonyl (C=O) groups excluding carboxylic acids is 2. The lowest BCUT2D eigenvalue weighted by Crippen LogP contribution is -2.35. The molecule has 0 atom stereocenters. The highest BCUT2D eigenvalue weighted by Gasteiger charge is 2.28. The lowest BCUT2D eigenvalue weighted by atomic mass is 9.96. The van der Waals surface area contributed by atoms with Gasteiger partial charge in [-0.15, -0.1) is 11.3 Å².